The molecule has 1 rings (SSSR count). The number of alkyl halides is 3. The van der Waals surface area contributed by atoms with Crippen LogP contribution in [-0.4, -0.2) is 25.2 Å². The molecule has 1 fully saturated rings. The molecule has 0 radical (unpaired) electrons. The van der Waals surface area contributed by atoms with Crippen LogP contribution in [0.5, 0.6) is 0 Å². The minimum absolute atomic E-state index is 0.0607. The molecule has 0 aromatic rings. The highest BCUT2D eigenvalue weighted by Gasteiger charge is 2.42. The van der Waals surface area contributed by atoms with Crippen molar-refractivity contribution in [2.24, 2.45) is 23.0 Å². The summed E-state index contributed by atoms with van der Waals surface area (Å²) in [6, 6.07) is 0. The third-order valence-corrected chi connectivity index (χ3v) is 5.13. The molecular weight excluding hydrogens is 281 g/mol. The van der Waals surface area contributed by atoms with Crippen molar-refractivity contribution >= 4 is 5.91 Å². The van der Waals surface area contributed by atoms with Crippen LogP contribution in [0.3, 0.4) is 0 Å². The van der Waals surface area contributed by atoms with Crippen molar-refractivity contribution < 1.29 is 18.0 Å². The van der Waals surface area contributed by atoms with E-state index in [9.17, 15) is 18.0 Å². The van der Waals surface area contributed by atoms with E-state index in [2.05, 4.69) is 5.32 Å². The third kappa shape index (κ3) is 4.87. The van der Waals surface area contributed by atoms with Crippen LogP contribution >= 0.6 is 0 Å². The van der Waals surface area contributed by atoms with Crippen LogP contribution in [0.25, 0.3) is 0 Å². The SMILES string of the molecule is CCC(CC)(CN)CNC(=O)C1CCC(C(F)(F)F)CC1. The Balaban J connectivity index is 2.44. The summed E-state index contributed by atoms with van der Waals surface area (Å²) in [6.45, 7) is 5.09. The van der Waals surface area contributed by atoms with Gasteiger partial charge in [-0.3, -0.25) is 4.79 Å². The van der Waals surface area contributed by atoms with E-state index in [-0.39, 0.29) is 30.1 Å². The van der Waals surface area contributed by atoms with Crippen LogP contribution in [0.2, 0.25) is 0 Å². The van der Waals surface area contributed by atoms with E-state index < -0.39 is 12.1 Å². The third-order valence-electron chi connectivity index (χ3n) is 5.13. The fourth-order valence-electron chi connectivity index (χ4n) is 2.96. The highest BCUT2D eigenvalue weighted by molar-refractivity contribution is 5.78. The maximum absolute atomic E-state index is 12.6. The van der Waals surface area contributed by atoms with Gasteiger partial charge in [-0.1, -0.05) is 13.8 Å². The van der Waals surface area contributed by atoms with Gasteiger partial charge in [-0.05, 0) is 50.5 Å². The van der Waals surface area contributed by atoms with Gasteiger partial charge in [0.2, 0.25) is 5.91 Å². The predicted molar refractivity (Wildman–Crippen MR) is 76.6 cm³/mol. The first-order valence-corrected chi connectivity index (χ1v) is 7.82. The van der Waals surface area contributed by atoms with Crippen molar-refractivity contribution in [2.45, 2.75) is 58.5 Å². The Morgan fingerprint density at radius 2 is 1.67 bits per heavy atom. The van der Waals surface area contributed by atoms with Crippen molar-refractivity contribution in [3.63, 3.8) is 0 Å². The number of hydrogen-bond acceptors (Lipinski definition) is 2. The predicted octanol–water partition coefficient (Wildman–Crippen LogP) is 3.24. The number of amides is 1. The molecule has 1 aliphatic carbocycles. The van der Waals surface area contributed by atoms with Gasteiger partial charge in [0.1, 0.15) is 0 Å². The molecule has 1 aliphatic rings. The van der Waals surface area contributed by atoms with Crippen LogP contribution in [0.1, 0.15) is 52.4 Å². The van der Waals surface area contributed by atoms with Crippen LogP contribution < -0.4 is 11.1 Å². The summed E-state index contributed by atoms with van der Waals surface area (Å²) in [7, 11) is 0. The standard InChI is InChI=1S/C15H27F3N2O/c1-3-14(4-2,9-19)10-20-13(21)11-5-7-12(8-6-11)15(16,17)18/h11-12H,3-10,19H2,1-2H3,(H,20,21). The molecule has 21 heavy (non-hydrogen) atoms. The summed E-state index contributed by atoms with van der Waals surface area (Å²) in [5.74, 6) is -1.64. The van der Waals surface area contributed by atoms with Crippen molar-refractivity contribution in [1.82, 2.24) is 5.32 Å². The Morgan fingerprint density at radius 3 is 2.05 bits per heavy atom. The first-order valence-electron chi connectivity index (χ1n) is 7.82. The quantitative estimate of drug-likeness (QED) is 0.791. The topological polar surface area (TPSA) is 55.1 Å². The monoisotopic (exact) mass is 308 g/mol. The summed E-state index contributed by atoms with van der Waals surface area (Å²) in [5, 5.41) is 2.90. The Labute approximate surface area is 124 Å². The minimum atomic E-state index is -4.12. The van der Waals surface area contributed by atoms with Gasteiger partial charge in [-0.2, -0.15) is 13.2 Å². The lowest BCUT2D eigenvalue weighted by Gasteiger charge is -2.33. The smallest absolute Gasteiger partial charge is 0.355 e. The van der Waals surface area contributed by atoms with Crippen LogP contribution in [0.15, 0.2) is 0 Å². The molecule has 3 N–H and O–H groups in total. The average molecular weight is 308 g/mol. The van der Waals surface area contributed by atoms with E-state index in [1.165, 1.54) is 0 Å². The van der Waals surface area contributed by atoms with E-state index in [4.69, 9.17) is 5.73 Å². The van der Waals surface area contributed by atoms with E-state index in [0.29, 0.717) is 25.9 Å². The normalized spacial score (nSPS) is 23.9. The van der Waals surface area contributed by atoms with Gasteiger partial charge in [0.25, 0.3) is 0 Å². The largest absolute Gasteiger partial charge is 0.391 e. The number of hydrogen-bond donors (Lipinski definition) is 2. The first-order chi connectivity index (χ1) is 9.78. The zero-order valence-corrected chi connectivity index (χ0v) is 12.9. The van der Waals surface area contributed by atoms with Gasteiger partial charge in [0.05, 0.1) is 5.92 Å². The average Bonchev–Trinajstić information content (AvgIpc) is 2.48. The van der Waals surface area contributed by atoms with Crippen molar-refractivity contribution in [3.8, 4) is 0 Å². The molecule has 1 saturated carbocycles. The summed E-state index contributed by atoms with van der Waals surface area (Å²) in [5.41, 5.74) is 5.68. The fourth-order valence-corrected chi connectivity index (χ4v) is 2.96. The van der Waals surface area contributed by atoms with Crippen LogP contribution in [-0.2, 0) is 4.79 Å². The number of rotatable bonds is 6. The van der Waals surface area contributed by atoms with Gasteiger partial charge in [0.15, 0.2) is 0 Å². The molecule has 0 unspecified atom stereocenters. The van der Waals surface area contributed by atoms with Crippen LogP contribution in [0, 0.1) is 17.3 Å². The second-order valence-corrected chi connectivity index (χ2v) is 6.22. The Kier molecular flexibility index (Phi) is 6.50. The van der Waals surface area contributed by atoms with Gasteiger partial charge in [0, 0.05) is 12.5 Å². The Hall–Kier alpha value is -0.780. The lowest BCUT2D eigenvalue weighted by Crippen LogP contribution is -2.44. The van der Waals surface area contributed by atoms with E-state index in [1.54, 1.807) is 0 Å². The molecule has 0 atom stereocenters. The molecule has 0 aliphatic heterocycles. The number of halogens is 3. The lowest BCUT2D eigenvalue weighted by atomic mass is 9.80. The van der Waals surface area contributed by atoms with Crippen LogP contribution in [0.4, 0.5) is 13.2 Å². The van der Waals surface area contributed by atoms with Gasteiger partial charge >= 0.3 is 6.18 Å². The maximum atomic E-state index is 12.6. The molecule has 0 heterocycles. The maximum Gasteiger partial charge on any atom is 0.391 e. The van der Waals surface area contributed by atoms with Gasteiger partial charge in [-0.15, -0.1) is 0 Å². The molecule has 0 bridgehead atoms. The fraction of sp³-hybridized carbons (Fsp3) is 0.933. The molecule has 0 spiro atoms. The summed E-state index contributed by atoms with van der Waals surface area (Å²) < 4.78 is 37.8. The highest BCUT2D eigenvalue weighted by Crippen LogP contribution is 2.39. The number of nitrogens with two attached hydrogens (primary N) is 1. The number of nitrogens with one attached hydrogen (secondary N) is 1. The molecule has 3 nitrogen and oxygen atoms in total. The molecule has 0 aromatic heterocycles. The number of carbonyl (C=O) groups excluding carboxylic acids is 1. The molecular formula is C15H27F3N2O. The molecule has 0 saturated heterocycles. The second-order valence-electron chi connectivity index (χ2n) is 6.22. The minimum Gasteiger partial charge on any atom is -0.355 e. The molecule has 124 valence electrons. The van der Waals surface area contributed by atoms with Gasteiger partial charge in [-0.25, -0.2) is 0 Å². The van der Waals surface area contributed by atoms with E-state index in [1.807, 2.05) is 13.8 Å². The Morgan fingerprint density at radius 1 is 1.14 bits per heavy atom. The molecule has 6 heteroatoms. The number of carbonyl (C=O) groups is 1. The van der Waals surface area contributed by atoms with E-state index >= 15 is 0 Å². The van der Waals surface area contributed by atoms with Crippen molar-refractivity contribution in [1.29, 1.82) is 0 Å². The zero-order chi connectivity index (χ0) is 16.1. The second kappa shape index (κ2) is 7.47. The van der Waals surface area contributed by atoms with Crippen molar-refractivity contribution in [2.75, 3.05) is 13.1 Å². The Bertz CT molecular complexity index is 324. The highest BCUT2D eigenvalue weighted by atomic mass is 19.4. The lowest BCUT2D eigenvalue weighted by molar-refractivity contribution is -0.184. The molecule has 0 aromatic carbocycles. The summed E-state index contributed by atoms with van der Waals surface area (Å²) >= 11 is 0. The molecule has 1 amide bonds. The van der Waals surface area contributed by atoms with Crippen molar-refractivity contribution in [3.05, 3.63) is 0 Å². The summed E-state index contributed by atoms with van der Waals surface area (Å²) in [4.78, 5) is 12.1. The first kappa shape index (κ1) is 18.3. The van der Waals surface area contributed by atoms with Gasteiger partial charge < -0.3 is 11.1 Å². The summed E-state index contributed by atoms with van der Waals surface area (Å²) in [6.07, 6.45) is -1.60. The zero-order valence-electron chi connectivity index (χ0n) is 12.9. The van der Waals surface area contributed by atoms with E-state index in [0.717, 1.165) is 12.8 Å².